The van der Waals surface area contributed by atoms with Crippen LogP contribution in [0, 0.1) is 27.7 Å². The molecule has 0 heterocycles. The van der Waals surface area contributed by atoms with Crippen molar-refractivity contribution in [3.8, 4) is 0 Å². The molecule has 0 aromatic heterocycles. The predicted molar refractivity (Wildman–Crippen MR) is 210 cm³/mol. The van der Waals surface area contributed by atoms with E-state index in [2.05, 4.69) is 184 Å². The van der Waals surface area contributed by atoms with Gasteiger partial charge in [0, 0.05) is 34.1 Å². The molecule has 49 heavy (non-hydrogen) atoms. The summed E-state index contributed by atoms with van der Waals surface area (Å²) in [6.45, 7) is 17.5. The van der Waals surface area contributed by atoms with E-state index >= 15 is 0 Å². The molecule has 0 amide bonds. The lowest BCUT2D eigenvalue weighted by atomic mass is 10.1. The van der Waals surface area contributed by atoms with Crippen molar-refractivity contribution in [3.63, 3.8) is 0 Å². The highest BCUT2D eigenvalue weighted by Gasteiger charge is 2.15. The molecule has 6 rings (SSSR count). The van der Waals surface area contributed by atoms with Crippen molar-refractivity contribution in [2.45, 2.75) is 40.9 Å². The summed E-state index contributed by atoms with van der Waals surface area (Å²) in [5.41, 5.74) is 16.2. The van der Waals surface area contributed by atoms with E-state index in [0.717, 1.165) is 56.4 Å². The third-order valence-electron chi connectivity index (χ3n) is 9.20. The normalized spacial score (nSPS) is 10.9. The van der Waals surface area contributed by atoms with Gasteiger partial charge in [-0.3, -0.25) is 0 Å². The Kier molecular flexibility index (Phi) is 10.2. The molecule has 3 nitrogen and oxygen atoms in total. The first-order valence-electron chi connectivity index (χ1n) is 16.8. The van der Waals surface area contributed by atoms with Crippen molar-refractivity contribution >= 4 is 46.3 Å². The number of ether oxygens (including phenoxy) is 1. The first-order valence-corrected chi connectivity index (χ1v) is 16.8. The minimum Gasteiger partial charge on any atom is -0.372 e. The highest BCUT2D eigenvalue weighted by atomic mass is 16.5. The minimum absolute atomic E-state index is 0.532. The molecule has 0 saturated carbocycles. The van der Waals surface area contributed by atoms with Crippen LogP contribution in [-0.4, -0.2) is 0 Å². The molecule has 6 aromatic rings. The molecular formula is C46H44N2O. The zero-order chi connectivity index (χ0) is 34.3. The number of benzene rings is 6. The Labute approximate surface area is 292 Å². The molecule has 0 aliphatic heterocycles. The number of aryl methyl sites for hydroxylation is 4. The maximum atomic E-state index is 6.21. The molecule has 244 valence electrons. The van der Waals surface area contributed by atoms with Crippen molar-refractivity contribution in [2.24, 2.45) is 0 Å². The van der Waals surface area contributed by atoms with Crippen LogP contribution in [0.2, 0.25) is 0 Å². The first kappa shape index (κ1) is 33.3. The first-order chi connectivity index (χ1) is 23.8. The van der Waals surface area contributed by atoms with E-state index in [1.807, 2.05) is 12.2 Å². The highest BCUT2D eigenvalue weighted by Crippen LogP contribution is 2.37. The van der Waals surface area contributed by atoms with Crippen molar-refractivity contribution in [1.82, 2.24) is 0 Å². The van der Waals surface area contributed by atoms with Crippen LogP contribution in [0.4, 0.5) is 34.1 Å². The molecular weight excluding hydrogens is 597 g/mol. The second kappa shape index (κ2) is 15.1. The van der Waals surface area contributed by atoms with E-state index in [4.69, 9.17) is 4.74 Å². The quantitative estimate of drug-likeness (QED) is 0.132. The number of rotatable bonds is 12. The third-order valence-corrected chi connectivity index (χ3v) is 9.20. The van der Waals surface area contributed by atoms with Gasteiger partial charge in [0.2, 0.25) is 0 Å². The van der Waals surface area contributed by atoms with Gasteiger partial charge >= 0.3 is 0 Å². The minimum atomic E-state index is 0.532. The number of nitrogens with zero attached hydrogens (tertiary/aromatic N) is 2. The monoisotopic (exact) mass is 640 g/mol. The Bertz CT molecular complexity index is 1890. The summed E-state index contributed by atoms with van der Waals surface area (Å²) in [6.07, 6.45) is 3.75. The van der Waals surface area contributed by atoms with Gasteiger partial charge in [-0.2, -0.15) is 0 Å². The molecule has 0 aliphatic carbocycles. The molecule has 6 aromatic carbocycles. The van der Waals surface area contributed by atoms with E-state index in [9.17, 15) is 0 Å². The topological polar surface area (TPSA) is 15.7 Å². The average Bonchev–Trinajstić information content (AvgIpc) is 3.13. The van der Waals surface area contributed by atoms with Crippen molar-refractivity contribution < 1.29 is 4.74 Å². The van der Waals surface area contributed by atoms with Gasteiger partial charge in [-0.15, -0.1) is 0 Å². The van der Waals surface area contributed by atoms with Gasteiger partial charge in [0.1, 0.15) is 0 Å². The summed E-state index contributed by atoms with van der Waals surface area (Å²) < 4.78 is 6.21. The Morgan fingerprint density at radius 3 is 1.02 bits per heavy atom. The zero-order valence-electron chi connectivity index (χ0n) is 29.0. The molecule has 0 saturated heterocycles. The lowest BCUT2D eigenvalue weighted by molar-refractivity contribution is 0.107. The van der Waals surface area contributed by atoms with Gasteiger partial charge in [-0.25, -0.2) is 0 Å². The Balaban J connectivity index is 1.16. The van der Waals surface area contributed by atoms with Crippen molar-refractivity contribution in [3.05, 3.63) is 191 Å². The van der Waals surface area contributed by atoms with Gasteiger partial charge in [0.05, 0.1) is 13.2 Å². The van der Waals surface area contributed by atoms with E-state index in [1.54, 1.807) is 0 Å². The lowest BCUT2D eigenvalue weighted by Gasteiger charge is -2.26. The molecule has 0 fully saturated rings. The molecule has 0 aliphatic rings. The maximum absolute atomic E-state index is 6.21. The largest absolute Gasteiger partial charge is 0.372 e. The van der Waals surface area contributed by atoms with E-state index in [-0.39, 0.29) is 0 Å². The van der Waals surface area contributed by atoms with Gasteiger partial charge in [0.15, 0.2) is 0 Å². The summed E-state index contributed by atoms with van der Waals surface area (Å²) in [5, 5.41) is 0. The standard InChI is InChI=1S/C46H44N2O/c1-7-37-11-21-41(22-12-37)47(45-19-9-33(3)35(5)29-45)43-25-15-39(16-26-43)31-49-32-40-17-27-44(28-18-40)48(42-23-13-38(8-2)14-24-42)46-20-10-34(4)36(6)30-46/h7-30H,1-2,31-32H2,3-6H3. The Morgan fingerprint density at radius 1 is 0.408 bits per heavy atom. The van der Waals surface area contributed by atoms with Crippen LogP contribution >= 0.6 is 0 Å². The van der Waals surface area contributed by atoms with Crippen LogP contribution in [0.15, 0.2) is 147 Å². The second-order valence-corrected chi connectivity index (χ2v) is 12.6. The van der Waals surface area contributed by atoms with Crippen LogP contribution in [0.25, 0.3) is 12.2 Å². The Morgan fingerprint density at radius 2 is 0.714 bits per heavy atom. The summed E-state index contributed by atoms with van der Waals surface area (Å²) in [5.74, 6) is 0. The van der Waals surface area contributed by atoms with Gasteiger partial charge < -0.3 is 14.5 Å². The van der Waals surface area contributed by atoms with Crippen molar-refractivity contribution in [1.29, 1.82) is 0 Å². The SMILES string of the molecule is C=Cc1ccc(N(c2ccc(COCc3ccc(N(c4ccc(C=C)cc4)c4ccc(C)c(C)c4)cc3)cc2)c2ccc(C)c(C)c2)cc1. The zero-order valence-corrected chi connectivity index (χ0v) is 29.0. The number of hydrogen-bond acceptors (Lipinski definition) is 3. The molecule has 0 bridgehead atoms. The smallest absolute Gasteiger partial charge is 0.0721 e. The summed E-state index contributed by atoms with van der Waals surface area (Å²) in [4.78, 5) is 4.58. The van der Waals surface area contributed by atoms with Crippen LogP contribution in [0.5, 0.6) is 0 Å². The molecule has 3 heteroatoms. The fraction of sp³-hybridized carbons (Fsp3) is 0.130. The van der Waals surface area contributed by atoms with Crippen LogP contribution in [-0.2, 0) is 18.0 Å². The summed E-state index contributed by atoms with van der Waals surface area (Å²) in [7, 11) is 0. The number of anilines is 6. The molecule has 0 spiro atoms. The third kappa shape index (κ3) is 7.75. The summed E-state index contributed by atoms with van der Waals surface area (Å²) in [6, 6.07) is 47.6. The van der Waals surface area contributed by atoms with Gasteiger partial charge in [-0.05, 0) is 145 Å². The highest BCUT2D eigenvalue weighted by molar-refractivity contribution is 5.79. The van der Waals surface area contributed by atoms with Crippen LogP contribution in [0.1, 0.15) is 44.5 Å². The Hall–Kier alpha value is -5.64. The fourth-order valence-electron chi connectivity index (χ4n) is 5.91. The van der Waals surface area contributed by atoms with E-state index < -0.39 is 0 Å². The van der Waals surface area contributed by atoms with Crippen LogP contribution in [0.3, 0.4) is 0 Å². The number of hydrogen-bond donors (Lipinski definition) is 0. The van der Waals surface area contributed by atoms with Crippen molar-refractivity contribution in [2.75, 3.05) is 9.80 Å². The van der Waals surface area contributed by atoms with Gasteiger partial charge in [0.25, 0.3) is 0 Å². The van der Waals surface area contributed by atoms with E-state index in [1.165, 1.54) is 22.3 Å². The maximum Gasteiger partial charge on any atom is 0.0721 e. The predicted octanol–water partition coefficient (Wildman–Crippen LogP) is 12.9. The lowest BCUT2D eigenvalue weighted by Crippen LogP contribution is -2.10. The molecule has 0 radical (unpaired) electrons. The molecule has 0 N–H and O–H groups in total. The molecule has 0 unspecified atom stereocenters. The van der Waals surface area contributed by atoms with Gasteiger partial charge in [-0.1, -0.05) is 86.0 Å². The van der Waals surface area contributed by atoms with E-state index in [0.29, 0.717) is 13.2 Å². The van der Waals surface area contributed by atoms with Crippen LogP contribution < -0.4 is 9.80 Å². The molecule has 0 atom stereocenters. The average molecular weight is 641 g/mol. The fourth-order valence-corrected chi connectivity index (χ4v) is 5.91. The summed E-state index contributed by atoms with van der Waals surface area (Å²) >= 11 is 0. The second-order valence-electron chi connectivity index (χ2n) is 12.6.